The molecule has 1 aromatic carbocycles. The topological polar surface area (TPSA) is 17.1 Å². The van der Waals surface area contributed by atoms with Gasteiger partial charge in [-0.05, 0) is 24.1 Å². The van der Waals surface area contributed by atoms with E-state index in [2.05, 4.69) is 22.9 Å². The van der Waals surface area contributed by atoms with E-state index in [1.807, 2.05) is 24.3 Å². The van der Waals surface area contributed by atoms with Crippen molar-refractivity contribution in [1.29, 1.82) is 0 Å². The molecule has 21 heavy (non-hydrogen) atoms. The number of benzene rings is 1. The van der Waals surface area contributed by atoms with E-state index in [1.54, 1.807) is 0 Å². The third kappa shape index (κ3) is 9.84. The van der Waals surface area contributed by atoms with Gasteiger partial charge in [-0.2, -0.15) is 0 Å². The van der Waals surface area contributed by atoms with Gasteiger partial charge in [-0.25, -0.2) is 0 Å². The Balaban J connectivity index is 1.99. The maximum Gasteiger partial charge on any atom is 0.137 e. The first-order valence-electron chi connectivity index (χ1n) is 8.48. The van der Waals surface area contributed by atoms with Crippen LogP contribution in [-0.4, -0.2) is 5.78 Å². The zero-order chi connectivity index (χ0) is 15.3. The van der Waals surface area contributed by atoms with Crippen LogP contribution >= 0.6 is 15.9 Å². The molecule has 0 saturated heterocycles. The summed E-state index contributed by atoms with van der Waals surface area (Å²) in [6, 6.07) is 8.05. The van der Waals surface area contributed by atoms with Crippen molar-refractivity contribution in [3.8, 4) is 0 Å². The zero-order valence-electron chi connectivity index (χ0n) is 13.4. The molecule has 0 bridgehead atoms. The minimum Gasteiger partial charge on any atom is -0.299 e. The van der Waals surface area contributed by atoms with Gasteiger partial charge < -0.3 is 0 Å². The molecule has 0 saturated carbocycles. The summed E-state index contributed by atoms with van der Waals surface area (Å²) in [5.41, 5.74) is 1.12. The lowest BCUT2D eigenvalue weighted by atomic mass is 10.0. The summed E-state index contributed by atoms with van der Waals surface area (Å²) in [5, 5.41) is 0. The Bertz CT molecular complexity index is 400. The Labute approximate surface area is 138 Å². The van der Waals surface area contributed by atoms with Gasteiger partial charge in [0, 0.05) is 17.3 Å². The molecule has 1 aromatic rings. The van der Waals surface area contributed by atoms with Gasteiger partial charge in [0.15, 0.2) is 0 Å². The maximum absolute atomic E-state index is 11.9. The second kappa shape index (κ2) is 12.0. The molecule has 0 heterocycles. The average molecular weight is 353 g/mol. The standard InChI is InChI=1S/C19H29BrO/c1-2-3-4-5-6-7-8-9-10-14-19(21)16-17-12-11-13-18(20)15-17/h11-13,15H,2-10,14,16H2,1H3. The fourth-order valence-electron chi connectivity index (χ4n) is 2.60. The summed E-state index contributed by atoms with van der Waals surface area (Å²) in [5.74, 6) is 0.371. The van der Waals surface area contributed by atoms with Crippen LogP contribution in [0.1, 0.15) is 76.7 Å². The molecule has 0 amide bonds. The summed E-state index contributed by atoms with van der Waals surface area (Å²) in [4.78, 5) is 11.9. The Morgan fingerprint density at radius 3 is 2.19 bits per heavy atom. The monoisotopic (exact) mass is 352 g/mol. The molecule has 2 heteroatoms. The highest BCUT2D eigenvalue weighted by molar-refractivity contribution is 9.10. The predicted molar refractivity (Wildman–Crippen MR) is 94.7 cm³/mol. The third-order valence-electron chi connectivity index (χ3n) is 3.85. The lowest BCUT2D eigenvalue weighted by Crippen LogP contribution is -2.02. The van der Waals surface area contributed by atoms with E-state index < -0.39 is 0 Å². The van der Waals surface area contributed by atoms with Crippen molar-refractivity contribution in [1.82, 2.24) is 0 Å². The van der Waals surface area contributed by atoms with Crippen molar-refractivity contribution in [3.63, 3.8) is 0 Å². The molecule has 0 atom stereocenters. The van der Waals surface area contributed by atoms with Gasteiger partial charge in [0.2, 0.25) is 0 Å². The molecule has 0 aliphatic carbocycles. The van der Waals surface area contributed by atoms with E-state index in [9.17, 15) is 4.79 Å². The van der Waals surface area contributed by atoms with E-state index in [-0.39, 0.29) is 0 Å². The van der Waals surface area contributed by atoms with Crippen LogP contribution in [0.2, 0.25) is 0 Å². The highest BCUT2D eigenvalue weighted by Crippen LogP contribution is 2.14. The average Bonchev–Trinajstić information content (AvgIpc) is 2.45. The van der Waals surface area contributed by atoms with E-state index in [0.717, 1.165) is 22.9 Å². The van der Waals surface area contributed by atoms with Crippen LogP contribution in [0, 0.1) is 0 Å². The lowest BCUT2D eigenvalue weighted by Gasteiger charge is -2.03. The zero-order valence-corrected chi connectivity index (χ0v) is 15.0. The van der Waals surface area contributed by atoms with Gasteiger partial charge in [-0.3, -0.25) is 4.79 Å². The predicted octanol–water partition coefficient (Wildman–Crippen LogP) is 6.48. The molecule has 0 unspecified atom stereocenters. The summed E-state index contributed by atoms with van der Waals surface area (Å²) < 4.78 is 1.05. The first-order chi connectivity index (χ1) is 10.2. The molecule has 0 aliphatic rings. The first kappa shape index (κ1) is 18.4. The number of carbonyl (C=O) groups excluding carboxylic acids is 1. The van der Waals surface area contributed by atoms with Gasteiger partial charge in [0.05, 0.1) is 0 Å². The van der Waals surface area contributed by atoms with Crippen LogP contribution in [0.25, 0.3) is 0 Å². The quantitative estimate of drug-likeness (QED) is 0.393. The van der Waals surface area contributed by atoms with Crippen molar-refractivity contribution >= 4 is 21.7 Å². The van der Waals surface area contributed by atoms with Crippen LogP contribution in [0.3, 0.4) is 0 Å². The number of carbonyl (C=O) groups is 1. The van der Waals surface area contributed by atoms with Gasteiger partial charge in [0.1, 0.15) is 5.78 Å². The number of rotatable bonds is 12. The summed E-state index contributed by atoms with van der Waals surface area (Å²) in [6.45, 7) is 2.26. The van der Waals surface area contributed by atoms with Gasteiger partial charge in [-0.15, -0.1) is 0 Å². The molecule has 1 nitrogen and oxygen atoms in total. The van der Waals surface area contributed by atoms with E-state index >= 15 is 0 Å². The minimum absolute atomic E-state index is 0.371. The number of hydrogen-bond acceptors (Lipinski definition) is 1. The summed E-state index contributed by atoms with van der Waals surface area (Å²) in [7, 11) is 0. The minimum atomic E-state index is 0.371. The molecular formula is C19H29BrO. The first-order valence-corrected chi connectivity index (χ1v) is 9.28. The highest BCUT2D eigenvalue weighted by atomic mass is 79.9. The Hall–Kier alpha value is -0.630. The van der Waals surface area contributed by atoms with E-state index in [1.165, 1.54) is 51.4 Å². The molecule has 0 aliphatic heterocycles. The number of unbranched alkanes of at least 4 members (excludes halogenated alkanes) is 8. The second-order valence-corrected chi connectivity index (χ2v) is 6.84. The van der Waals surface area contributed by atoms with Crippen LogP contribution in [0.4, 0.5) is 0 Å². The van der Waals surface area contributed by atoms with Gasteiger partial charge in [-0.1, -0.05) is 86.4 Å². The molecule has 0 N–H and O–H groups in total. The molecular weight excluding hydrogens is 324 g/mol. The molecule has 0 spiro atoms. The van der Waals surface area contributed by atoms with Gasteiger partial charge in [0.25, 0.3) is 0 Å². The highest BCUT2D eigenvalue weighted by Gasteiger charge is 2.04. The second-order valence-electron chi connectivity index (χ2n) is 5.92. The lowest BCUT2D eigenvalue weighted by molar-refractivity contribution is -0.118. The molecule has 0 radical (unpaired) electrons. The van der Waals surface area contributed by atoms with Crippen LogP contribution < -0.4 is 0 Å². The number of Topliss-reactive ketones (excluding diaryl/α,β-unsaturated/α-hetero) is 1. The summed E-state index contributed by atoms with van der Waals surface area (Å²) >= 11 is 3.44. The van der Waals surface area contributed by atoms with Crippen molar-refractivity contribution in [2.75, 3.05) is 0 Å². The van der Waals surface area contributed by atoms with Crippen molar-refractivity contribution in [2.45, 2.75) is 77.6 Å². The fourth-order valence-corrected chi connectivity index (χ4v) is 3.04. The molecule has 0 fully saturated rings. The van der Waals surface area contributed by atoms with Crippen molar-refractivity contribution < 1.29 is 4.79 Å². The Morgan fingerprint density at radius 2 is 1.57 bits per heavy atom. The van der Waals surface area contributed by atoms with Crippen LogP contribution in [0.15, 0.2) is 28.7 Å². The normalized spacial score (nSPS) is 10.8. The van der Waals surface area contributed by atoms with E-state index in [4.69, 9.17) is 0 Å². The fraction of sp³-hybridized carbons (Fsp3) is 0.632. The number of hydrogen-bond donors (Lipinski definition) is 0. The van der Waals surface area contributed by atoms with Crippen molar-refractivity contribution in [2.24, 2.45) is 0 Å². The van der Waals surface area contributed by atoms with Gasteiger partial charge >= 0.3 is 0 Å². The van der Waals surface area contributed by atoms with E-state index in [0.29, 0.717) is 12.2 Å². The maximum atomic E-state index is 11.9. The Morgan fingerprint density at radius 1 is 0.952 bits per heavy atom. The van der Waals surface area contributed by atoms with Crippen molar-refractivity contribution in [3.05, 3.63) is 34.3 Å². The number of ketones is 1. The SMILES string of the molecule is CCCCCCCCCCCC(=O)Cc1cccc(Br)c1. The Kier molecular flexibility index (Phi) is 10.5. The number of halogens is 1. The largest absolute Gasteiger partial charge is 0.299 e. The molecule has 0 aromatic heterocycles. The van der Waals surface area contributed by atoms with Crippen LogP contribution in [0.5, 0.6) is 0 Å². The molecule has 1 rings (SSSR count). The smallest absolute Gasteiger partial charge is 0.137 e. The van der Waals surface area contributed by atoms with Crippen LogP contribution in [-0.2, 0) is 11.2 Å². The molecule has 118 valence electrons. The third-order valence-corrected chi connectivity index (χ3v) is 4.34. The summed E-state index contributed by atoms with van der Waals surface area (Å²) in [6.07, 6.45) is 13.0.